The second kappa shape index (κ2) is 5.95. The number of pyridine rings is 1. The molecule has 1 fully saturated rings. The van der Waals surface area contributed by atoms with Crippen LogP contribution in [0.1, 0.15) is 12.5 Å². The molecule has 0 aromatic carbocycles. The highest BCUT2D eigenvalue weighted by Gasteiger charge is 2.23. The molecule has 1 aromatic heterocycles. The van der Waals surface area contributed by atoms with Gasteiger partial charge in [-0.25, -0.2) is 4.98 Å². The molecule has 1 atom stereocenters. The molecule has 1 aliphatic heterocycles. The van der Waals surface area contributed by atoms with Crippen molar-refractivity contribution >= 4 is 29.1 Å². The van der Waals surface area contributed by atoms with E-state index in [-0.39, 0.29) is 17.1 Å². The van der Waals surface area contributed by atoms with E-state index in [0.29, 0.717) is 11.1 Å². The average molecular weight is 297 g/mol. The highest BCUT2D eigenvalue weighted by molar-refractivity contribution is 8.00. The number of oxime groups is 1. The number of hydrogen-bond acceptors (Lipinski definition) is 7. The van der Waals surface area contributed by atoms with Gasteiger partial charge in [-0.15, -0.1) is 0 Å². The zero-order valence-corrected chi connectivity index (χ0v) is 11.7. The van der Waals surface area contributed by atoms with Crippen molar-refractivity contribution in [3.8, 4) is 0 Å². The number of thioether (sulfide) groups is 1. The third-order valence-electron chi connectivity index (χ3n) is 2.99. The van der Waals surface area contributed by atoms with E-state index < -0.39 is 4.92 Å². The Labute approximate surface area is 119 Å². The molecule has 0 radical (unpaired) electrons. The lowest BCUT2D eigenvalue weighted by Crippen LogP contribution is -2.38. The Balaban J connectivity index is 2.43. The van der Waals surface area contributed by atoms with Gasteiger partial charge in [-0.1, -0.05) is 12.1 Å². The van der Waals surface area contributed by atoms with Gasteiger partial charge in [-0.05, 0) is 0 Å². The molecule has 0 spiro atoms. The molecule has 1 unspecified atom stereocenters. The summed E-state index contributed by atoms with van der Waals surface area (Å²) >= 11 is 1.86. The summed E-state index contributed by atoms with van der Waals surface area (Å²) in [6, 6.07) is 1.28. The summed E-state index contributed by atoms with van der Waals surface area (Å²) in [7, 11) is 0. The lowest BCUT2D eigenvalue weighted by Gasteiger charge is -2.32. The fourth-order valence-corrected chi connectivity index (χ4v) is 3.07. The van der Waals surface area contributed by atoms with Gasteiger partial charge in [0, 0.05) is 30.2 Å². The van der Waals surface area contributed by atoms with Crippen LogP contribution >= 0.6 is 11.8 Å². The van der Waals surface area contributed by atoms with Crippen LogP contribution in [0.2, 0.25) is 0 Å². The van der Waals surface area contributed by atoms with Gasteiger partial charge in [0.1, 0.15) is 12.0 Å². The van der Waals surface area contributed by atoms with Gasteiger partial charge in [0.2, 0.25) is 0 Å². The van der Waals surface area contributed by atoms with Crippen LogP contribution in [0, 0.1) is 10.1 Å². The van der Waals surface area contributed by atoms with Gasteiger partial charge in [0.25, 0.3) is 5.69 Å². The molecule has 1 saturated heterocycles. The third-order valence-corrected chi connectivity index (χ3v) is 4.12. The second-order valence-electron chi connectivity index (χ2n) is 4.43. The maximum Gasteiger partial charge on any atom is 0.288 e. The predicted octanol–water partition coefficient (Wildman–Crippen LogP) is 1.03. The van der Waals surface area contributed by atoms with Crippen molar-refractivity contribution in [2.45, 2.75) is 12.2 Å². The fourth-order valence-electron chi connectivity index (χ4n) is 2.05. The van der Waals surface area contributed by atoms with Gasteiger partial charge in [0.05, 0.1) is 10.5 Å². The molecule has 0 aliphatic carbocycles. The minimum Gasteiger partial charge on any atom is -0.409 e. The van der Waals surface area contributed by atoms with Gasteiger partial charge >= 0.3 is 0 Å². The minimum atomic E-state index is -0.556. The zero-order valence-electron chi connectivity index (χ0n) is 10.9. The SMILES string of the molecule is CC1CN(c2ncc([N+](=O)[O-])cc2C(N)=NO)CCS1. The van der Waals surface area contributed by atoms with E-state index in [1.165, 1.54) is 12.3 Å². The molecule has 2 heterocycles. The van der Waals surface area contributed by atoms with E-state index in [4.69, 9.17) is 10.9 Å². The Hall–Kier alpha value is -2.03. The third kappa shape index (κ3) is 2.93. The number of nitrogens with zero attached hydrogens (tertiary/aromatic N) is 4. The lowest BCUT2D eigenvalue weighted by atomic mass is 10.2. The summed E-state index contributed by atoms with van der Waals surface area (Å²) in [5, 5.41) is 23.0. The number of nitrogens with two attached hydrogens (primary N) is 1. The van der Waals surface area contributed by atoms with Crippen molar-refractivity contribution in [1.29, 1.82) is 0 Å². The van der Waals surface area contributed by atoms with Gasteiger partial charge in [-0.3, -0.25) is 10.1 Å². The molecular formula is C11H15N5O3S. The number of rotatable bonds is 3. The lowest BCUT2D eigenvalue weighted by molar-refractivity contribution is -0.385. The van der Waals surface area contributed by atoms with Crippen LogP contribution in [0.5, 0.6) is 0 Å². The van der Waals surface area contributed by atoms with Crippen LogP contribution in [0.25, 0.3) is 0 Å². The van der Waals surface area contributed by atoms with E-state index in [2.05, 4.69) is 17.1 Å². The summed E-state index contributed by atoms with van der Waals surface area (Å²) in [4.78, 5) is 16.4. The fraction of sp³-hybridized carbons (Fsp3) is 0.455. The molecule has 0 bridgehead atoms. The van der Waals surface area contributed by atoms with E-state index in [1.807, 2.05) is 16.7 Å². The van der Waals surface area contributed by atoms with E-state index >= 15 is 0 Å². The maximum absolute atomic E-state index is 10.8. The number of amidine groups is 1. The Morgan fingerprint density at radius 1 is 1.75 bits per heavy atom. The average Bonchev–Trinajstić information content (AvgIpc) is 2.45. The van der Waals surface area contributed by atoms with Crippen molar-refractivity contribution in [3.63, 3.8) is 0 Å². The first-order chi connectivity index (χ1) is 9.52. The number of hydrogen-bond donors (Lipinski definition) is 2. The van der Waals surface area contributed by atoms with Crippen LogP contribution < -0.4 is 10.6 Å². The van der Waals surface area contributed by atoms with Crippen molar-refractivity contribution in [2.75, 3.05) is 23.7 Å². The van der Waals surface area contributed by atoms with Crippen LogP contribution in [0.15, 0.2) is 17.4 Å². The summed E-state index contributed by atoms with van der Waals surface area (Å²) < 4.78 is 0. The summed E-state index contributed by atoms with van der Waals surface area (Å²) in [6.07, 6.45) is 1.19. The summed E-state index contributed by atoms with van der Waals surface area (Å²) in [5.41, 5.74) is 5.70. The molecule has 2 rings (SSSR count). The van der Waals surface area contributed by atoms with Crippen LogP contribution in [0.3, 0.4) is 0 Å². The first kappa shape index (κ1) is 14.4. The smallest absolute Gasteiger partial charge is 0.288 e. The highest BCUT2D eigenvalue weighted by Crippen LogP contribution is 2.27. The molecule has 1 aromatic rings. The van der Waals surface area contributed by atoms with E-state index in [9.17, 15) is 10.1 Å². The van der Waals surface area contributed by atoms with Crippen LogP contribution in [0.4, 0.5) is 11.5 Å². The maximum atomic E-state index is 10.8. The molecule has 0 amide bonds. The second-order valence-corrected chi connectivity index (χ2v) is 5.98. The van der Waals surface area contributed by atoms with Crippen LogP contribution in [-0.2, 0) is 0 Å². The minimum absolute atomic E-state index is 0.179. The standard InChI is InChI=1S/C11H15N5O3S/c1-7-6-15(2-3-20-7)11-9(10(12)14-17)4-8(5-13-11)16(18)19/h4-5,7,17H,2-3,6H2,1H3,(H2,12,14). The number of aromatic nitrogens is 1. The van der Waals surface area contributed by atoms with Crippen molar-refractivity contribution in [1.82, 2.24) is 4.98 Å². The Morgan fingerprint density at radius 2 is 2.50 bits per heavy atom. The summed E-state index contributed by atoms with van der Waals surface area (Å²) in [6.45, 7) is 3.64. The largest absolute Gasteiger partial charge is 0.409 e. The Morgan fingerprint density at radius 3 is 3.10 bits per heavy atom. The van der Waals surface area contributed by atoms with Crippen molar-refractivity contribution in [3.05, 3.63) is 27.9 Å². The molecule has 1 aliphatic rings. The number of nitro groups is 1. The highest BCUT2D eigenvalue weighted by atomic mass is 32.2. The van der Waals surface area contributed by atoms with Crippen molar-refractivity contribution in [2.24, 2.45) is 10.9 Å². The Kier molecular flexibility index (Phi) is 4.28. The topological polar surface area (TPSA) is 118 Å². The molecule has 108 valence electrons. The van der Waals surface area contributed by atoms with Gasteiger partial charge in [-0.2, -0.15) is 11.8 Å². The number of anilines is 1. The normalized spacial score (nSPS) is 19.9. The van der Waals surface area contributed by atoms with Crippen molar-refractivity contribution < 1.29 is 10.1 Å². The molecule has 20 heavy (non-hydrogen) atoms. The van der Waals surface area contributed by atoms with E-state index in [0.717, 1.165) is 18.8 Å². The molecule has 8 nitrogen and oxygen atoms in total. The quantitative estimate of drug-likeness (QED) is 0.281. The van der Waals surface area contributed by atoms with Gasteiger partial charge < -0.3 is 15.8 Å². The monoisotopic (exact) mass is 297 g/mol. The van der Waals surface area contributed by atoms with Crippen LogP contribution in [-0.4, -0.2) is 45.0 Å². The molecule has 9 heteroatoms. The molecular weight excluding hydrogens is 282 g/mol. The first-order valence-electron chi connectivity index (χ1n) is 6.01. The first-order valence-corrected chi connectivity index (χ1v) is 7.06. The molecule has 3 N–H and O–H groups in total. The van der Waals surface area contributed by atoms with E-state index in [1.54, 1.807) is 0 Å². The Bertz CT molecular complexity index is 551. The van der Waals surface area contributed by atoms with Gasteiger partial charge in [0.15, 0.2) is 5.84 Å². The molecule has 0 saturated carbocycles. The predicted molar refractivity (Wildman–Crippen MR) is 77.5 cm³/mol. The zero-order chi connectivity index (χ0) is 14.7. The summed E-state index contributed by atoms with van der Waals surface area (Å²) in [5.74, 6) is 1.27.